The van der Waals surface area contributed by atoms with Crippen molar-refractivity contribution in [2.75, 3.05) is 17.6 Å². The van der Waals surface area contributed by atoms with Gasteiger partial charge in [-0.25, -0.2) is 0 Å². The Hall–Kier alpha value is -2.49. The second-order valence-corrected chi connectivity index (χ2v) is 5.81. The molecule has 0 unspecified atom stereocenters. The number of nitro groups is 3. The zero-order valence-electron chi connectivity index (χ0n) is 13.5. The fourth-order valence-corrected chi connectivity index (χ4v) is 2.47. The Bertz CT molecular complexity index is 729. The number of hydrogen-bond acceptors (Lipinski definition) is 6. The summed E-state index contributed by atoms with van der Waals surface area (Å²) in [7, 11) is 0. The van der Waals surface area contributed by atoms with Gasteiger partial charge in [-0.3, -0.25) is 30.3 Å². The van der Waals surface area contributed by atoms with E-state index < -0.39 is 14.8 Å². The van der Waals surface area contributed by atoms with Crippen molar-refractivity contribution in [2.24, 2.45) is 0 Å². The van der Waals surface area contributed by atoms with Crippen LogP contribution in [0.25, 0.3) is 18.2 Å². The third-order valence-electron chi connectivity index (χ3n) is 3.11. The topological polar surface area (TPSA) is 129 Å². The van der Waals surface area contributed by atoms with Crippen molar-refractivity contribution in [3.8, 4) is 0 Å². The van der Waals surface area contributed by atoms with Crippen LogP contribution in [0.3, 0.4) is 0 Å². The number of halogens is 3. The smallest absolute Gasteiger partial charge is 0.259 e. The van der Waals surface area contributed by atoms with Crippen LogP contribution in [0.4, 0.5) is 0 Å². The number of rotatable bonds is 9. The third-order valence-corrected chi connectivity index (χ3v) is 3.94. The van der Waals surface area contributed by atoms with Crippen LogP contribution in [0.5, 0.6) is 0 Å². The molecule has 0 bridgehead atoms. The normalized spacial score (nSPS) is 12.8. The molecular weight excluding hydrogens is 425 g/mol. The monoisotopic (exact) mass is 435 g/mol. The molecule has 0 N–H and O–H groups in total. The van der Waals surface area contributed by atoms with Crippen molar-refractivity contribution in [3.63, 3.8) is 0 Å². The van der Waals surface area contributed by atoms with Gasteiger partial charge in [-0.15, -0.1) is 34.8 Å². The van der Waals surface area contributed by atoms with Crippen molar-refractivity contribution in [1.29, 1.82) is 0 Å². The average Bonchev–Trinajstić information content (AvgIpc) is 2.61. The molecule has 0 saturated heterocycles. The van der Waals surface area contributed by atoms with E-state index in [0.29, 0.717) is 0 Å². The minimum Gasteiger partial charge on any atom is -0.259 e. The number of hydrogen-bond donors (Lipinski definition) is 0. The molecular formula is C15H12Cl3N3O6. The molecule has 1 aromatic carbocycles. The van der Waals surface area contributed by atoms with Crippen LogP contribution in [0.15, 0.2) is 35.3 Å². The maximum absolute atomic E-state index is 10.9. The lowest BCUT2D eigenvalue weighted by atomic mass is 10.0. The molecule has 0 radical (unpaired) electrons. The van der Waals surface area contributed by atoms with E-state index in [4.69, 9.17) is 34.8 Å². The zero-order valence-corrected chi connectivity index (χ0v) is 15.8. The summed E-state index contributed by atoms with van der Waals surface area (Å²) in [5.41, 5.74) is -0.116. The Labute approximate surface area is 168 Å². The van der Waals surface area contributed by atoms with Gasteiger partial charge in [0.25, 0.3) is 17.1 Å². The van der Waals surface area contributed by atoms with Gasteiger partial charge in [0.2, 0.25) is 0 Å². The summed E-state index contributed by atoms with van der Waals surface area (Å²) in [5.74, 6) is -1.12. The van der Waals surface area contributed by atoms with E-state index in [1.807, 2.05) is 0 Å². The van der Waals surface area contributed by atoms with Crippen molar-refractivity contribution >= 4 is 53.0 Å². The van der Waals surface area contributed by atoms with Gasteiger partial charge in [0, 0.05) is 18.2 Å². The molecule has 1 rings (SSSR count). The van der Waals surface area contributed by atoms with Gasteiger partial charge in [0.1, 0.15) is 17.6 Å². The van der Waals surface area contributed by atoms with E-state index >= 15 is 0 Å². The standard InChI is InChI=1S/C15H12Cl3N3O6/c16-7-13(19(22)23)4-10-1-11(5-14(8-17)20(24)25)3-12(2-10)6-15(9-18)21(26)27/h1-6H,7-9H2. The summed E-state index contributed by atoms with van der Waals surface area (Å²) in [6, 6.07) is 4.28. The van der Waals surface area contributed by atoms with Gasteiger partial charge in [-0.2, -0.15) is 0 Å². The van der Waals surface area contributed by atoms with Gasteiger partial charge in [-0.05, 0) is 34.9 Å². The molecule has 0 aliphatic heterocycles. The molecule has 144 valence electrons. The molecule has 1 aromatic rings. The van der Waals surface area contributed by atoms with E-state index in [1.165, 1.54) is 36.4 Å². The predicted octanol–water partition coefficient (Wildman–Crippen LogP) is 4.26. The van der Waals surface area contributed by atoms with Crippen LogP contribution < -0.4 is 0 Å². The van der Waals surface area contributed by atoms with E-state index in [0.717, 1.165) is 0 Å². The van der Waals surface area contributed by atoms with Crippen molar-refractivity contribution in [1.82, 2.24) is 0 Å². The maximum atomic E-state index is 10.9. The number of allylic oxidation sites excluding steroid dienone is 3. The molecule has 0 spiro atoms. The highest BCUT2D eigenvalue weighted by molar-refractivity contribution is 6.20. The van der Waals surface area contributed by atoms with Crippen molar-refractivity contribution in [2.45, 2.75) is 0 Å². The largest absolute Gasteiger partial charge is 0.261 e. The highest BCUT2D eigenvalue weighted by Crippen LogP contribution is 2.20. The van der Waals surface area contributed by atoms with Gasteiger partial charge in [0.05, 0.1) is 14.8 Å². The van der Waals surface area contributed by atoms with Crippen LogP contribution in [0.1, 0.15) is 16.7 Å². The molecule has 0 aliphatic carbocycles. The van der Waals surface area contributed by atoms with Crippen molar-refractivity contribution < 1.29 is 14.8 Å². The fraction of sp³-hybridized carbons (Fsp3) is 0.200. The number of nitrogens with zero attached hydrogens (tertiary/aromatic N) is 3. The SMILES string of the molecule is O=[N+]([O-])C(=Cc1cc(C=C(CCl)[N+](=O)[O-])cc(C=C(CCl)[N+](=O)[O-])c1)CCl. The molecule has 0 atom stereocenters. The summed E-state index contributed by atoms with van der Waals surface area (Å²) in [4.78, 5) is 30.8. The lowest BCUT2D eigenvalue weighted by molar-refractivity contribution is -0.422. The minimum absolute atomic E-state index is 0.275. The van der Waals surface area contributed by atoms with Gasteiger partial charge in [-0.1, -0.05) is 0 Å². The molecule has 0 saturated carbocycles. The lowest BCUT2D eigenvalue weighted by Gasteiger charge is -2.03. The van der Waals surface area contributed by atoms with Gasteiger partial charge in [0.15, 0.2) is 0 Å². The Morgan fingerprint density at radius 2 is 0.889 bits per heavy atom. The highest BCUT2D eigenvalue weighted by atomic mass is 35.5. The average molecular weight is 437 g/mol. The van der Waals surface area contributed by atoms with Crippen LogP contribution >= 0.6 is 34.8 Å². The lowest BCUT2D eigenvalue weighted by Crippen LogP contribution is -2.01. The first-order valence-corrected chi connectivity index (χ1v) is 8.70. The van der Waals surface area contributed by atoms with Gasteiger partial charge >= 0.3 is 0 Å². The molecule has 27 heavy (non-hydrogen) atoms. The fourth-order valence-electron chi connectivity index (χ4n) is 1.95. The minimum atomic E-state index is -0.673. The number of benzene rings is 1. The second-order valence-electron chi connectivity index (χ2n) is 5.01. The quantitative estimate of drug-likeness (QED) is 0.323. The van der Waals surface area contributed by atoms with Crippen LogP contribution in [0, 0.1) is 30.3 Å². The molecule has 0 fully saturated rings. The molecule has 0 heterocycles. The Morgan fingerprint density at radius 3 is 1.04 bits per heavy atom. The summed E-state index contributed by atoms with van der Waals surface area (Å²) >= 11 is 16.6. The molecule has 9 nitrogen and oxygen atoms in total. The van der Waals surface area contributed by atoms with Gasteiger partial charge < -0.3 is 0 Å². The summed E-state index contributed by atoms with van der Waals surface area (Å²) in [6.07, 6.45) is 3.50. The third kappa shape index (κ3) is 6.97. The van der Waals surface area contributed by atoms with Crippen LogP contribution in [-0.4, -0.2) is 32.4 Å². The number of alkyl halides is 3. The predicted molar refractivity (Wildman–Crippen MR) is 104 cm³/mol. The second kappa shape index (κ2) is 10.6. The van der Waals surface area contributed by atoms with Crippen LogP contribution in [0.2, 0.25) is 0 Å². The van der Waals surface area contributed by atoms with E-state index in [2.05, 4.69) is 0 Å². The van der Waals surface area contributed by atoms with E-state index in [9.17, 15) is 30.3 Å². The molecule has 0 amide bonds. The van der Waals surface area contributed by atoms with Crippen molar-refractivity contribution in [3.05, 3.63) is 82.3 Å². The summed E-state index contributed by atoms with van der Waals surface area (Å²) in [5, 5.41) is 32.8. The first-order chi connectivity index (χ1) is 12.7. The highest BCUT2D eigenvalue weighted by Gasteiger charge is 2.13. The van der Waals surface area contributed by atoms with E-state index in [-0.39, 0.29) is 51.4 Å². The Morgan fingerprint density at radius 1 is 0.667 bits per heavy atom. The first-order valence-electron chi connectivity index (χ1n) is 7.09. The first kappa shape index (κ1) is 22.6. The summed E-state index contributed by atoms with van der Waals surface area (Å²) < 4.78 is 0. The molecule has 0 aliphatic rings. The summed E-state index contributed by atoms with van der Waals surface area (Å²) in [6.45, 7) is 0. The van der Waals surface area contributed by atoms with E-state index in [1.54, 1.807) is 0 Å². The Balaban J connectivity index is 3.63. The maximum Gasteiger partial charge on any atom is 0.261 e. The molecule has 0 aromatic heterocycles. The molecule has 12 heteroatoms. The zero-order chi connectivity index (χ0) is 20.6. The van der Waals surface area contributed by atoms with Crippen LogP contribution in [-0.2, 0) is 0 Å². The Kier molecular flexibility index (Phi) is 8.86.